The van der Waals surface area contributed by atoms with E-state index in [1.165, 1.54) is 31.3 Å². The largest absolute Gasteiger partial charge is 0.480 e. The van der Waals surface area contributed by atoms with Crippen LogP contribution in [0.4, 0.5) is 13.2 Å². The first kappa shape index (κ1) is 15.9. The Balaban J connectivity index is 1.99. The fourth-order valence-electron chi connectivity index (χ4n) is 1.76. The molecule has 22 heavy (non-hydrogen) atoms. The van der Waals surface area contributed by atoms with Crippen LogP contribution in [0.25, 0.3) is 0 Å². The van der Waals surface area contributed by atoms with E-state index >= 15 is 0 Å². The molecule has 0 bridgehead atoms. The number of hydrogen-bond acceptors (Lipinski definition) is 3. The number of aromatic nitrogens is 2. The van der Waals surface area contributed by atoms with Gasteiger partial charge in [-0.25, -0.2) is 0 Å². The van der Waals surface area contributed by atoms with Crippen molar-refractivity contribution in [1.82, 2.24) is 15.5 Å². The van der Waals surface area contributed by atoms with Crippen LogP contribution in [0.5, 0.6) is 5.75 Å². The normalized spacial score (nSPS) is 12.7. The molecule has 2 aromatic rings. The molecule has 1 atom stereocenters. The monoisotopic (exact) mass is 313 g/mol. The number of aromatic amines is 1. The van der Waals surface area contributed by atoms with Crippen molar-refractivity contribution < 1.29 is 22.7 Å². The summed E-state index contributed by atoms with van der Waals surface area (Å²) in [6.45, 7) is 1.57. The van der Waals surface area contributed by atoms with Gasteiger partial charge in [0.25, 0.3) is 5.91 Å². The number of benzene rings is 1. The molecular formula is C14H14F3N3O2. The van der Waals surface area contributed by atoms with E-state index in [-0.39, 0.29) is 12.3 Å². The quantitative estimate of drug-likeness (QED) is 0.891. The second kappa shape index (κ2) is 6.50. The highest BCUT2D eigenvalue weighted by Crippen LogP contribution is 2.36. The van der Waals surface area contributed by atoms with Gasteiger partial charge in [-0.2, -0.15) is 18.3 Å². The Morgan fingerprint density at radius 1 is 1.36 bits per heavy atom. The molecular weight excluding hydrogens is 299 g/mol. The zero-order valence-electron chi connectivity index (χ0n) is 11.6. The van der Waals surface area contributed by atoms with Crippen molar-refractivity contribution in [3.05, 3.63) is 47.8 Å². The minimum absolute atomic E-state index is 0.188. The number of hydrogen-bond donors (Lipinski definition) is 2. The van der Waals surface area contributed by atoms with E-state index in [1.807, 2.05) is 0 Å². The molecule has 1 heterocycles. The summed E-state index contributed by atoms with van der Waals surface area (Å²) in [4.78, 5) is 11.9. The second-order valence-corrected chi connectivity index (χ2v) is 4.55. The smallest absolute Gasteiger partial charge is 0.419 e. The third kappa shape index (κ3) is 4.00. The van der Waals surface area contributed by atoms with Crippen LogP contribution >= 0.6 is 0 Å². The molecule has 2 N–H and O–H groups in total. The number of halogens is 3. The Hall–Kier alpha value is -2.51. The minimum Gasteiger partial charge on any atom is -0.480 e. The molecule has 1 amide bonds. The summed E-state index contributed by atoms with van der Waals surface area (Å²) >= 11 is 0. The van der Waals surface area contributed by atoms with Crippen molar-refractivity contribution in [2.75, 3.05) is 0 Å². The van der Waals surface area contributed by atoms with Gasteiger partial charge in [-0.1, -0.05) is 12.1 Å². The Kier molecular flexibility index (Phi) is 4.69. The summed E-state index contributed by atoms with van der Waals surface area (Å²) in [7, 11) is 0. The maximum atomic E-state index is 12.8. The van der Waals surface area contributed by atoms with E-state index in [9.17, 15) is 18.0 Å². The summed E-state index contributed by atoms with van der Waals surface area (Å²) in [6, 6.07) is 6.44. The first-order chi connectivity index (χ1) is 10.4. The highest BCUT2D eigenvalue weighted by atomic mass is 19.4. The van der Waals surface area contributed by atoms with Gasteiger partial charge in [-0.15, -0.1) is 0 Å². The first-order valence-corrected chi connectivity index (χ1v) is 6.47. The molecule has 0 radical (unpaired) electrons. The lowest BCUT2D eigenvalue weighted by molar-refractivity contribution is -0.140. The maximum absolute atomic E-state index is 12.8. The number of amides is 1. The summed E-state index contributed by atoms with van der Waals surface area (Å²) in [6.07, 6.45) is -4.07. The van der Waals surface area contributed by atoms with Crippen LogP contribution in [0.15, 0.2) is 36.5 Å². The molecule has 0 aliphatic rings. The summed E-state index contributed by atoms with van der Waals surface area (Å²) in [5.41, 5.74) is -0.237. The maximum Gasteiger partial charge on any atom is 0.419 e. The van der Waals surface area contributed by atoms with Gasteiger partial charge in [-0.05, 0) is 25.1 Å². The number of ether oxygens (including phenoxy) is 1. The van der Waals surface area contributed by atoms with Gasteiger partial charge in [-0.3, -0.25) is 9.89 Å². The van der Waals surface area contributed by atoms with Crippen LogP contribution in [-0.2, 0) is 17.5 Å². The van der Waals surface area contributed by atoms with Gasteiger partial charge in [0.1, 0.15) is 5.75 Å². The highest BCUT2D eigenvalue weighted by molar-refractivity contribution is 5.80. The van der Waals surface area contributed by atoms with Crippen LogP contribution < -0.4 is 10.1 Å². The molecule has 118 valence electrons. The van der Waals surface area contributed by atoms with Gasteiger partial charge < -0.3 is 10.1 Å². The van der Waals surface area contributed by atoms with Gasteiger partial charge in [0.2, 0.25) is 0 Å². The first-order valence-electron chi connectivity index (χ1n) is 6.47. The lowest BCUT2D eigenvalue weighted by Crippen LogP contribution is -2.36. The highest BCUT2D eigenvalue weighted by Gasteiger charge is 2.34. The zero-order valence-corrected chi connectivity index (χ0v) is 11.6. The van der Waals surface area contributed by atoms with E-state index in [0.717, 1.165) is 6.07 Å². The van der Waals surface area contributed by atoms with E-state index in [2.05, 4.69) is 15.5 Å². The molecule has 0 spiro atoms. The second-order valence-electron chi connectivity index (χ2n) is 4.55. The number of para-hydroxylation sites is 1. The van der Waals surface area contributed by atoms with Crippen LogP contribution in [0.2, 0.25) is 0 Å². The topological polar surface area (TPSA) is 67.0 Å². The number of alkyl halides is 3. The van der Waals surface area contributed by atoms with Crippen molar-refractivity contribution >= 4 is 5.91 Å². The molecule has 1 aromatic carbocycles. The third-order valence-electron chi connectivity index (χ3n) is 2.88. The number of nitrogens with one attached hydrogen (secondary N) is 2. The minimum atomic E-state index is -4.54. The molecule has 1 aromatic heterocycles. The van der Waals surface area contributed by atoms with Gasteiger partial charge >= 0.3 is 6.18 Å². The van der Waals surface area contributed by atoms with Crippen LogP contribution in [0, 0.1) is 0 Å². The number of rotatable bonds is 5. The van der Waals surface area contributed by atoms with Crippen LogP contribution in [0.1, 0.15) is 18.2 Å². The molecule has 0 aliphatic heterocycles. The SMILES string of the molecule is C[C@H](Oc1ccccc1C(F)(F)F)C(=O)NCc1ccn[nH]1. The average Bonchev–Trinajstić information content (AvgIpc) is 2.97. The lowest BCUT2D eigenvalue weighted by atomic mass is 10.2. The average molecular weight is 313 g/mol. The van der Waals surface area contributed by atoms with Gasteiger partial charge in [0.15, 0.2) is 6.10 Å². The predicted molar refractivity (Wildman–Crippen MR) is 72.0 cm³/mol. The molecule has 0 aliphatic carbocycles. The molecule has 2 rings (SSSR count). The van der Waals surface area contributed by atoms with E-state index in [1.54, 1.807) is 6.07 Å². The Bertz CT molecular complexity index is 627. The molecule has 0 fully saturated rings. The molecule has 0 saturated carbocycles. The molecule has 5 nitrogen and oxygen atoms in total. The van der Waals surface area contributed by atoms with Crippen molar-refractivity contribution in [1.29, 1.82) is 0 Å². The number of nitrogens with zero attached hydrogens (tertiary/aromatic N) is 1. The molecule has 0 saturated heterocycles. The van der Waals surface area contributed by atoms with E-state index < -0.39 is 23.8 Å². The molecule has 8 heteroatoms. The Morgan fingerprint density at radius 2 is 2.09 bits per heavy atom. The van der Waals surface area contributed by atoms with Gasteiger partial charge in [0.05, 0.1) is 17.8 Å². The number of carbonyl (C=O) groups excluding carboxylic acids is 1. The Labute approximate surface area is 124 Å². The predicted octanol–water partition coefficient (Wildman–Crippen LogP) is 2.51. The summed E-state index contributed by atoms with van der Waals surface area (Å²) in [5, 5.41) is 8.92. The van der Waals surface area contributed by atoms with E-state index in [4.69, 9.17) is 4.74 Å². The van der Waals surface area contributed by atoms with Crippen molar-refractivity contribution in [3.8, 4) is 5.75 Å². The van der Waals surface area contributed by atoms with Crippen LogP contribution in [0.3, 0.4) is 0 Å². The number of H-pyrrole nitrogens is 1. The number of carbonyl (C=O) groups is 1. The van der Waals surface area contributed by atoms with Crippen molar-refractivity contribution in [2.24, 2.45) is 0 Å². The fourth-order valence-corrected chi connectivity index (χ4v) is 1.76. The fraction of sp³-hybridized carbons (Fsp3) is 0.286. The summed E-state index contributed by atoms with van der Waals surface area (Å²) in [5.74, 6) is -0.897. The molecule has 0 unspecified atom stereocenters. The van der Waals surface area contributed by atoms with Gasteiger partial charge in [0, 0.05) is 6.20 Å². The zero-order chi connectivity index (χ0) is 16.2. The lowest BCUT2D eigenvalue weighted by Gasteiger charge is -2.18. The van der Waals surface area contributed by atoms with Crippen molar-refractivity contribution in [3.63, 3.8) is 0 Å². The van der Waals surface area contributed by atoms with Crippen molar-refractivity contribution in [2.45, 2.75) is 25.7 Å². The van der Waals surface area contributed by atoms with E-state index in [0.29, 0.717) is 5.69 Å². The van der Waals surface area contributed by atoms with Crippen LogP contribution in [-0.4, -0.2) is 22.2 Å². The standard InChI is InChI=1S/C14H14F3N3O2/c1-9(13(21)18-8-10-6-7-19-20-10)22-12-5-3-2-4-11(12)14(15,16)17/h2-7,9H,8H2,1H3,(H,18,21)(H,19,20)/t9-/m0/s1. The summed E-state index contributed by atoms with van der Waals surface area (Å²) < 4.78 is 43.7. The third-order valence-corrected chi connectivity index (χ3v) is 2.88. The Morgan fingerprint density at radius 3 is 2.73 bits per heavy atom.